The fraction of sp³-hybridized carbons (Fsp3) is 0.474. The van der Waals surface area contributed by atoms with Crippen molar-refractivity contribution in [2.45, 2.75) is 32.4 Å². The summed E-state index contributed by atoms with van der Waals surface area (Å²) in [6, 6.07) is 7.65. The van der Waals surface area contributed by atoms with Gasteiger partial charge in [-0.25, -0.2) is 9.38 Å². The molecule has 140 valence electrons. The van der Waals surface area contributed by atoms with Crippen molar-refractivity contribution in [1.29, 1.82) is 0 Å². The number of guanidine groups is 1. The topological polar surface area (TPSA) is 52.6 Å². The van der Waals surface area contributed by atoms with E-state index in [1.165, 1.54) is 23.8 Å². The molecule has 1 saturated heterocycles. The lowest BCUT2D eigenvalue weighted by atomic mass is 10.2. The monoisotopic (exact) mass is 375 g/mol. The third-order valence-electron chi connectivity index (χ3n) is 4.48. The average Bonchev–Trinajstić information content (AvgIpc) is 3.35. The first-order chi connectivity index (χ1) is 12.8. The van der Waals surface area contributed by atoms with Gasteiger partial charge in [-0.15, -0.1) is 11.3 Å². The number of likely N-dealkylation sites (tertiary alicyclic amines) is 1. The second-order valence-corrected chi connectivity index (χ2v) is 7.26. The molecule has 2 N–H and O–H groups in total. The van der Waals surface area contributed by atoms with Crippen LogP contribution in [0.15, 0.2) is 40.8 Å². The van der Waals surface area contributed by atoms with Crippen molar-refractivity contribution >= 4 is 17.3 Å². The van der Waals surface area contributed by atoms with Gasteiger partial charge in [0.25, 0.3) is 0 Å². The zero-order valence-corrected chi connectivity index (χ0v) is 15.9. The Morgan fingerprint density at radius 3 is 2.85 bits per heavy atom. The van der Waals surface area contributed by atoms with Gasteiger partial charge < -0.3 is 10.6 Å². The SMILES string of the molecule is CCNC(=NCc1ncccc1F)NCC(c1cccs1)N1CCCC1. The molecule has 0 bridgehead atoms. The number of aliphatic imine (C=N–C) groups is 1. The number of rotatable bonds is 7. The normalized spacial score (nSPS) is 16.6. The summed E-state index contributed by atoms with van der Waals surface area (Å²) in [6.45, 7) is 6.04. The van der Waals surface area contributed by atoms with E-state index in [1.54, 1.807) is 23.6 Å². The summed E-state index contributed by atoms with van der Waals surface area (Å²) in [4.78, 5) is 12.5. The molecule has 0 spiro atoms. The number of aromatic nitrogens is 1. The summed E-state index contributed by atoms with van der Waals surface area (Å²) in [5, 5.41) is 8.79. The van der Waals surface area contributed by atoms with Gasteiger partial charge in [-0.2, -0.15) is 0 Å². The Bertz CT molecular complexity index is 698. The predicted octanol–water partition coefficient (Wildman–Crippen LogP) is 3.17. The summed E-state index contributed by atoms with van der Waals surface area (Å²) < 4.78 is 13.8. The Morgan fingerprint density at radius 2 is 2.15 bits per heavy atom. The molecule has 26 heavy (non-hydrogen) atoms. The molecule has 0 aliphatic carbocycles. The molecule has 7 heteroatoms. The zero-order valence-electron chi connectivity index (χ0n) is 15.1. The maximum atomic E-state index is 13.8. The summed E-state index contributed by atoms with van der Waals surface area (Å²) in [5.41, 5.74) is 0.360. The van der Waals surface area contributed by atoms with Gasteiger partial charge >= 0.3 is 0 Å². The van der Waals surface area contributed by atoms with Gasteiger partial charge in [-0.05, 0) is 56.4 Å². The van der Waals surface area contributed by atoms with Crippen LogP contribution in [0.1, 0.15) is 36.4 Å². The fourth-order valence-corrected chi connectivity index (χ4v) is 4.03. The van der Waals surface area contributed by atoms with Crippen LogP contribution in [-0.4, -0.2) is 42.0 Å². The van der Waals surface area contributed by atoms with Crippen molar-refractivity contribution in [2.75, 3.05) is 26.2 Å². The highest BCUT2D eigenvalue weighted by molar-refractivity contribution is 7.10. The second-order valence-electron chi connectivity index (χ2n) is 6.28. The number of hydrogen-bond acceptors (Lipinski definition) is 4. The van der Waals surface area contributed by atoms with E-state index in [0.717, 1.165) is 26.2 Å². The van der Waals surface area contributed by atoms with Crippen LogP contribution >= 0.6 is 11.3 Å². The molecule has 3 heterocycles. The van der Waals surface area contributed by atoms with E-state index in [9.17, 15) is 4.39 Å². The highest BCUT2D eigenvalue weighted by Crippen LogP contribution is 2.27. The smallest absolute Gasteiger partial charge is 0.191 e. The summed E-state index contributed by atoms with van der Waals surface area (Å²) in [6.07, 6.45) is 4.11. The van der Waals surface area contributed by atoms with Gasteiger partial charge in [0.15, 0.2) is 5.96 Å². The van der Waals surface area contributed by atoms with Crippen LogP contribution in [0.5, 0.6) is 0 Å². The minimum Gasteiger partial charge on any atom is -0.357 e. The maximum absolute atomic E-state index is 13.8. The number of hydrogen-bond donors (Lipinski definition) is 2. The third-order valence-corrected chi connectivity index (χ3v) is 5.46. The molecule has 2 aromatic rings. The van der Waals surface area contributed by atoms with Gasteiger partial charge in [0, 0.05) is 24.2 Å². The molecule has 2 aromatic heterocycles. The van der Waals surface area contributed by atoms with Crippen LogP contribution < -0.4 is 10.6 Å². The van der Waals surface area contributed by atoms with E-state index < -0.39 is 0 Å². The standard InChI is InChI=1S/C19H26FN5S/c1-2-21-19(23-13-16-15(20)7-5-9-22-16)24-14-17(18-8-6-12-26-18)25-10-3-4-11-25/h5-9,12,17H,2-4,10-11,13-14H2,1H3,(H2,21,23,24). The van der Waals surface area contributed by atoms with E-state index >= 15 is 0 Å². The Morgan fingerprint density at radius 1 is 1.31 bits per heavy atom. The van der Waals surface area contributed by atoms with Crippen molar-refractivity contribution in [3.05, 3.63) is 52.2 Å². The van der Waals surface area contributed by atoms with Gasteiger partial charge in [0.2, 0.25) is 0 Å². The summed E-state index contributed by atoms with van der Waals surface area (Å²) in [7, 11) is 0. The quantitative estimate of drug-likeness (QED) is 0.577. The van der Waals surface area contributed by atoms with Crippen LogP contribution in [0.2, 0.25) is 0 Å². The highest BCUT2D eigenvalue weighted by Gasteiger charge is 2.24. The molecular formula is C19H26FN5S. The largest absolute Gasteiger partial charge is 0.357 e. The molecule has 1 unspecified atom stereocenters. The molecule has 5 nitrogen and oxygen atoms in total. The first kappa shape index (κ1) is 18.8. The number of nitrogens with one attached hydrogen (secondary N) is 2. The van der Waals surface area contributed by atoms with Gasteiger partial charge in [0.05, 0.1) is 18.3 Å². The van der Waals surface area contributed by atoms with E-state index in [1.807, 2.05) is 6.92 Å². The fourth-order valence-electron chi connectivity index (χ4n) is 3.17. The molecule has 1 atom stereocenters. The molecule has 1 aliphatic rings. The number of nitrogens with zero attached hydrogens (tertiary/aromatic N) is 3. The first-order valence-corrected chi connectivity index (χ1v) is 10.0. The van der Waals surface area contributed by atoms with Crippen LogP contribution in [0.4, 0.5) is 4.39 Å². The second kappa shape index (κ2) is 9.64. The molecule has 3 rings (SSSR count). The van der Waals surface area contributed by atoms with Crippen molar-refractivity contribution in [2.24, 2.45) is 4.99 Å². The lowest BCUT2D eigenvalue weighted by molar-refractivity contribution is 0.249. The molecular weight excluding hydrogens is 349 g/mol. The summed E-state index contributed by atoms with van der Waals surface area (Å²) >= 11 is 1.79. The molecule has 1 aliphatic heterocycles. The molecule has 0 saturated carbocycles. The van der Waals surface area contributed by atoms with Gasteiger partial charge in [0.1, 0.15) is 5.82 Å². The van der Waals surface area contributed by atoms with Gasteiger partial charge in [-0.1, -0.05) is 6.07 Å². The molecule has 0 aromatic carbocycles. The minimum absolute atomic E-state index is 0.218. The number of pyridine rings is 1. The predicted molar refractivity (Wildman–Crippen MR) is 105 cm³/mol. The average molecular weight is 376 g/mol. The Balaban J connectivity index is 1.66. The van der Waals surface area contributed by atoms with Crippen molar-refractivity contribution in [1.82, 2.24) is 20.5 Å². The van der Waals surface area contributed by atoms with Crippen molar-refractivity contribution in [3.63, 3.8) is 0 Å². The van der Waals surface area contributed by atoms with E-state index in [0.29, 0.717) is 17.7 Å². The van der Waals surface area contributed by atoms with Crippen LogP contribution in [0.3, 0.4) is 0 Å². The highest BCUT2D eigenvalue weighted by atomic mass is 32.1. The lowest BCUT2D eigenvalue weighted by Crippen LogP contribution is -2.42. The van der Waals surface area contributed by atoms with Gasteiger partial charge in [-0.3, -0.25) is 9.88 Å². The Hall–Kier alpha value is -1.99. The molecule has 1 fully saturated rings. The number of halogens is 1. The zero-order chi connectivity index (χ0) is 18.2. The van der Waals surface area contributed by atoms with Crippen LogP contribution in [-0.2, 0) is 6.54 Å². The van der Waals surface area contributed by atoms with E-state index in [4.69, 9.17) is 0 Å². The van der Waals surface area contributed by atoms with E-state index in [2.05, 4.69) is 43.0 Å². The molecule has 0 amide bonds. The van der Waals surface area contributed by atoms with Crippen LogP contribution in [0.25, 0.3) is 0 Å². The maximum Gasteiger partial charge on any atom is 0.191 e. The number of thiophene rings is 1. The van der Waals surface area contributed by atoms with Crippen molar-refractivity contribution in [3.8, 4) is 0 Å². The minimum atomic E-state index is -0.319. The molecule has 0 radical (unpaired) electrons. The lowest BCUT2D eigenvalue weighted by Gasteiger charge is -2.27. The Labute approximate surface area is 158 Å². The van der Waals surface area contributed by atoms with Crippen molar-refractivity contribution < 1.29 is 4.39 Å². The van der Waals surface area contributed by atoms with Crippen LogP contribution in [0, 0.1) is 5.82 Å². The Kier molecular flexibility index (Phi) is 6.96. The summed E-state index contributed by atoms with van der Waals surface area (Å²) in [5.74, 6) is 0.374. The van der Waals surface area contributed by atoms with E-state index in [-0.39, 0.29) is 12.4 Å². The first-order valence-electron chi connectivity index (χ1n) is 9.17. The third kappa shape index (κ3) is 5.02.